The van der Waals surface area contributed by atoms with E-state index in [0.29, 0.717) is 17.9 Å². The molecule has 1 aromatic carbocycles. The molecule has 0 spiro atoms. The van der Waals surface area contributed by atoms with Crippen LogP contribution in [-0.4, -0.2) is 11.6 Å². The highest BCUT2D eigenvalue weighted by atomic mass is 79.9. The minimum absolute atomic E-state index is 0.0404. The van der Waals surface area contributed by atoms with Gasteiger partial charge in [-0.2, -0.15) is 10.5 Å². The fourth-order valence-corrected chi connectivity index (χ4v) is 2.55. The summed E-state index contributed by atoms with van der Waals surface area (Å²) in [5.41, 5.74) is 5.64. The summed E-state index contributed by atoms with van der Waals surface area (Å²) in [6.45, 7) is 4.47. The fraction of sp³-hybridized carbons (Fsp3) is 0.235. The quantitative estimate of drug-likeness (QED) is 0.836. The molecule has 6 nitrogen and oxygen atoms in total. The summed E-state index contributed by atoms with van der Waals surface area (Å²) in [5.74, 6) is 0.688. The molecule has 0 bridgehead atoms. The van der Waals surface area contributed by atoms with Gasteiger partial charge in [0.2, 0.25) is 0 Å². The van der Waals surface area contributed by atoms with E-state index in [1.165, 1.54) is 0 Å². The Morgan fingerprint density at radius 1 is 1.29 bits per heavy atom. The molecule has 24 heavy (non-hydrogen) atoms. The Kier molecular flexibility index (Phi) is 5.28. The van der Waals surface area contributed by atoms with Crippen molar-refractivity contribution >= 4 is 21.7 Å². The number of nitrogen functional groups attached to an aromatic ring is 1. The van der Waals surface area contributed by atoms with E-state index >= 15 is 0 Å². The molecule has 0 aliphatic rings. The second-order valence-electron chi connectivity index (χ2n) is 5.56. The molecule has 0 unspecified atom stereocenters. The van der Waals surface area contributed by atoms with E-state index < -0.39 is 5.56 Å². The summed E-state index contributed by atoms with van der Waals surface area (Å²) in [6.07, 6.45) is 0. The maximum absolute atomic E-state index is 12.1. The average Bonchev–Trinajstić information content (AvgIpc) is 2.52. The van der Waals surface area contributed by atoms with Crippen molar-refractivity contribution in [1.82, 2.24) is 4.98 Å². The molecule has 1 heterocycles. The van der Waals surface area contributed by atoms with Crippen molar-refractivity contribution in [2.75, 3.05) is 12.3 Å². The maximum Gasteiger partial charge on any atom is 0.268 e. The number of rotatable bonds is 4. The number of H-pyrrole nitrogens is 1. The monoisotopic (exact) mass is 386 g/mol. The Morgan fingerprint density at radius 2 is 1.96 bits per heavy atom. The highest BCUT2D eigenvalue weighted by molar-refractivity contribution is 9.10. The maximum atomic E-state index is 12.1. The van der Waals surface area contributed by atoms with E-state index in [2.05, 4.69) is 20.9 Å². The van der Waals surface area contributed by atoms with Crippen LogP contribution in [0.1, 0.15) is 25.0 Å². The highest BCUT2D eigenvalue weighted by Crippen LogP contribution is 2.37. The van der Waals surface area contributed by atoms with Gasteiger partial charge in [0.05, 0.1) is 6.61 Å². The summed E-state index contributed by atoms with van der Waals surface area (Å²) < 4.78 is 6.52. The van der Waals surface area contributed by atoms with Crippen LogP contribution in [0.25, 0.3) is 11.1 Å². The second kappa shape index (κ2) is 7.20. The van der Waals surface area contributed by atoms with Crippen LogP contribution in [-0.2, 0) is 0 Å². The number of anilines is 1. The Hall–Kier alpha value is -2.77. The Labute approximate surface area is 147 Å². The molecule has 0 aliphatic carbocycles. The number of nitrogens with zero attached hydrogens (tertiary/aromatic N) is 2. The number of hydrogen-bond donors (Lipinski definition) is 2. The minimum Gasteiger partial charge on any atom is -0.493 e. The van der Waals surface area contributed by atoms with Gasteiger partial charge in [0.25, 0.3) is 5.56 Å². The Bertz CT molecular complexity index is 920. The number of nitriles is 2. The Balaban J connectivity index is 2.81. The first-order valence-electron chi connectivity index (χ1n) is 7.17. The summed E-state index contributed by atoms with van der Waals surface area (Å²) in [5, 5.41) is 18.8. The largest absolute Gasteiger partial charge is 0.493 e. The van der Waals surface area contributed by atoms with Crippen LogP contribution >= 0.6 is 15.9 Å². The number of hydrogen-bond acceptors (Lipinski definition) is 5. The van der Waals surface area contributed by atoms with Crippen LogP contribution in [0, 0.1) is 28.6 Å². The van der Waals surface area contributed by atoms with Gasteiger partial charge in [-0.3, -0.25) is 4.79 Å². The van der Waals surface area contributed by atoms with Crippen LogP contribution < -0.4 is 16.0 Å². The minimum atomic E-state index is -0.640. The molecular formula is C17H15BrN4O2. The summed E-state index contributed by atoms with van der Waals surface area (Å²) in [6, 6.07) is 9.02. The van der Waals surface area contributed by atoms with E-state index in [4.69, 9.17) is 10.5 Å². The molecular weight excluding hydrogens is 372 g/mol. The highest BCUT2D eigenvalue weighted by Gasteiger charge is 2.21. The number of aromatic amines is 1. The summed E-state index contributed by atoms with van der Waals surface area (Å²) in [4.78, 5) is 14.4. The van der Waals surface area contributed by atoms with Crippen molar-refractivity contribution in [2.24, 2.45) is 5.92 Å². The lowest BCUT2D eigenvalue weighted by Gasteiger charge is -2.16. The van der Waals surface area contributed by atoms with E-state index in [-0.39, 0.29) is 28.4 Å². The molecule has 0 saturated heterocycles. The zero-order valence-corrected chi connectivity index (χ0v) is 14.8. The number of aromatic nitrogens is 1. The molecule has 2 rings (SSSR count). The topological polar surface area (TPSA) is 116 Å². The predicted octanol–water partition coefficient (Wildman–Crippen LogP) is 3.16. The third-order valence-electron chi connectivity index (χ3n) is 3.25. The lowest BCUT2D eigenvalue weighted by atomic mass is 9.96. The number of halogens is 1. The zero-order valence-electron chi connectivity index (χ0n) is 13.2. The first-order chi connectivity index (χ1) is 11.4. The number of nitrogens with two attached hydrogens (primary N) is 1. The van der Waals surface area contributed by atoms with Crippen molar-refractivity contribution in [1.29, 1.82) is 10.5 Å². The van der Waals surface area contributed by atoms with Crippen LogP contribution in [0.5, 0.6) is 5.75 Å². The Morgan fingerprint density at radius 3 is 2.54 bits per heavy atom. The van der Waals surface area contributed by atoms with E-state index in [0.717, 1.165) is 4.47 Å². The van der Waals surface area contributed by atoms with Crippen LogP contribution in [0.15, 0.2) is 27.5 Å². The van der Waals surface area contributed by atoms with Gasteiger partial charge in [0.15, 0.2) is 0 Å². The van der Waals surface area contributed by atoms with Gasteiger partial charge in [0.1, 0.15) is 34.8 Å². The van der Waals surface area contributed by atoms with Crippen LogP contribution in [0.2, 0.25) is 0 Å². The van der Waals surface area contributed by atoms with Crippen molar-refractivity contribution in [3.8, 4) is 29.0 Å². The summed E-state index contributed by atoms with van der Waals surface area (Å²) >= 11 is 3.37. The van der Waals surface area contributed by atoms with Crippen molar-refractivity contribution in [3.05, 3.63) is 44.2 Å². The molecule has 0 amide bonds. The third-order valence-corrected chi connectivity index (χ3v) is 3.74. The summed E-state index contributed by atoms with van der Waals surface area (Å²) in [7, 11) is 0. The van der Waals surface area contributed by atoms with E-state index in [1.807, 2.05) is 26.0 Å². The molecule has 0 fully saturated rings. The molecule has 2 aromatic rings. The lowest BCUT2D eigenvalue weighted by Crippen LogP contribution is -2.16. The standard InChI is InChI=1S/C17H15BrN4O2/c1-9(2)8-24-14-4-3-10(18)5-11(14)15-12(6-19)16(21)22-17(23)13(15)7-20/h3-5,9H,8H2,1-2H3,(H3,21,22,23). The van der Waals surface area contributed by atoms with Gasteiger partial charge in [-0.05, 0) is 24.1 Å². The van der Waals surface area contributed by atoms with Gasteiger partial charge in [-0.25, -0.2) is 0 Å². The van der Waals surface area contributed by atoms with Gasteiger partial charge >= 0.3 is 0 Å². The first kappa shape index (κ1) is 17.6. The average molecular weight is 387 g/mol. The number of ether oxygens (including phenoxy) is 1. The van der Waals surface area contributed by atoms with Gasteiger partial charge in [-0.15, -0.1) is 0 Å². The molecule has 0 atom stereocenters. The molecule has 3 N–H and O–H groups in total. The van der Waals surface area contributed by atoms with Gasteiger partial charge < -0.3 is 15.5 Å². The van der Waals surface area contributed by atoms with Crippen LogP contribution in [0.4, 0.5) is 5.82 Å². The number of nitrogens with one attached hydrogen (secondary N) is 1. The molecule has 1 aromatic heterocycles. The number of pyridine rings is 1. The molecule has 0 aliphatic heterocycles. The number of benzene rings is 1. The predicted molar refractivity (Wildman–Crippen MR) is 94.4 cm³/mol. The van der Waals surface area contributed by atoms with Gasteiger partial charge in [-0.1, -0.05) is 29.8 Å². The lowest BCUT2D eigenvalue weighted by molar-refractivity contribution is 0.272. The third kappa shape index (κ3) is 3.42. The molecule has 122 valence electrons. The van der Waals surface area contributed by atoms with Crippen molar-refractivity contribution in [2.45, 2.75) is 13.8 Å². The zero-order chi connectivity index (χ0) is 17.9. The van der Waals surface area contributed by atoms with Crippen LogP contribution in [0.3, 0.4) is 0 Å². The molecule has 0 radical (unpaired) electrons. The second-order valence-corrected chi connectivity index (χ2v) is 6.48. The van der Waals surface area contributed by atoms with Gasteiger partial charge in [0, 0.05) is 15.6 Å². The van der Waals surface area contributed by atoms with E-state index in [1.54, 1.807) is 18.2 Å². The molecule has 0 saturated carbocycles. The van der Waals surface area contributed by atoms with E-state index in [9.17, 15) is 15.3 Å². The smallest absolute Gasteiger partial charge is 0.268 e. The van der Waals surface area contributed by atoms with Crippen molar-refractivity contribution < 1.29 is 4.74 Å². The molecule has 7 heteroatoms. The fourth-order valence-electron chi connectivity index (χ4n) is 2.19. The normalized spacial score (nSPS) is 10.2. The van der Waals surface area contributed by atoms with Crippen molar-refractivity contribution in [3.63, 3.8) is 0 Å². The SMILES string of the molecule is CC(C)COc1ccc(Br)cc1-c1c(C#N)c(N)[nH]c(=O)c1C#N. The first-order valence-corrected chi connectivity index (χ1v) is 7.97.